The number of fused-ring (bicyclic) bond motifs is 1. The molecule has 0 aliphatic heterocycles. The van der Waals surface area contributed by atoms with E-state index >= 15 is 0 Å². The summed E-state index contributed by atoms with van der Waals surface area (Å²) in [5.41, 5.74) is 3.51. The number of thioether (sulfide) groups is 1. The molecule has 0 N–H and O–H groups in total. The van der Waals surface area contributed by atoms with Crippen LogP contribution in [0.1, 0.15) is 35.2 Å². The highest BCUT2D eigenvalue weighted by Gasteiger charge is 2.21. The van der Waals surface area contributed by atoms with Crippen LogP contribution in [-0.2, 0) is 18.6 Å². The average molecular weight is 425 g/mol. The first-order valence-corrected chi connectivity index (χ1v) is 11.4. The summed E-state index contributed by atoms with van der Waals surface area (Å²) in [5.74, 6) is 2.88. The van der Waals surface area contributed by atoms with Crippen LogP contribution in [0.5, 0.6) is 0 Å². The molecule has 4 aromatic rings. The van der Waals surface area contributed by atoms with Crippen molar-refractivity contribution in [3.05, 3.63) is 52.2 Å². The Hall–Kier alpha value is -2.45. The van der Waals surface area contributed by atoms with Crippen molar-refractivity contribution in [2.75, 3.05) is 0 Å². The van der Waals surface area contributed by atoms with Crippen molar-refractivity contribution in [3.63, 3.8) is 0 Å². The van der Waals surface area contributed by atoms with Crippen molar-refractivity contribution >= 4 is 23.1 Å². The fourth-order valence-corrected chi connectivity index (χ4v) is 5.24. The Morgan fingerprint density at radius 2 is 2.00 bits per heavy atom. The summed E-state index contributed by atoms with van der Waals surface area (Å²) in [6, 6.07) is 10.2. The second kappa shape index (κ2) is 7.76. The van der Waals surface area contributed by atoms with E-state index in [2.05, 4.69) is 33.4 Å². The lowest BCUT2D eigenvalue weighted by molar-refractivity contribution is 0.465. The Morgan fingerprint density at radius 3 is 2.90 bits per heavy atom. The summed E-state index contributed by atoms with van der Waals surface area (Å²) in [6.07, 6.45) is 3.55. The van der Waals surface area contributed by atoms with E-state index in [0.29, 0.717) is 28.6 Å². The second-order valence-corrected chi connectivity index (χ2v) is 9.50. The van der Waals surface area contributed by atoms with Crippen LogP contribution < -0.4 is 0 Å². The van der Waals surface area contributed by atoms with Gasteiger partial charge in [0.2, 0.25) is 11.8 Å². The van der Waals surface area contributed by atoms with Crippen LogP contribution in [-0.4, -0.2) is 20.4 Å². The molecule has 3 aromatic heterocycles. The zero-order valence-corrected chi connectivity index (χ0v) is 17.8. The van der Waals surface area contributed by atoms with E-state index in [0.717, 1.165) is 34.8 Å². The molecule has 1 aliphatic rings. The third-order valence-electron chi connectivity index (χ3n) is 5.00. The summed E-state index contributed by atoms with van der Waals surface area (Å²) in [6.45, 7) is 4.35. The summed E-state index contributed by atoms with van der Waals surface area (Å²) < 4.78 is 11.6. The summed E-state index contributed by atoms with van der Waals surface area (Å²) in [5, 5.41) is 17.2. The number of hydrogen-bond acceptors (Lipinski definition) is 8. The van der Waals surface area contributed by atoms with Gasteiger partial charge in [0.05, 0.1) is 10.6 Å². The summed E-state index contributed by atoms with van der Waals surface area (Å²) >= 11 is 3.18. The van der Waals surface area contributed by atoms with Crippen molar-refractivity contribution in [3.8, 4) is 22.2 Å². The van der Waals surface area contributed by atoms with Crippen molar-refractivity contribution in [1.29, 1.82) is 0 Å². The van der Waals surface area contributed by atoms with Crippen LogP contribution in [0.3, 0.4) is 0 Å². The minimum atomic E-state index is 0.485. The van der Waals surface area contributed by atoms with E-state index in [1.54, 1.807) is 11.3 Å². The van der Waals surface area contributed by atoms with E-state index in [-0.39, 0.29) is 0 Å². The van der Waals surface area contributed by atoms with Crippen LogP contribution in [0.2, 0.25) is 0 Å². The van der Waals surface area contributed by atoms with Crippen molar-refractivity contribution in [2.24, 2.45) is 5.92 Å². The van der Waals surface area contributed by atoms with Crippen LogP contribution in [0, 0.1) is 12.8 Å². The van der Waals surface area contributed by atoms with Crippen molar-refractivity contribution in [2.45, 2.75) is 44.1 Å². The molecule has 0 unspecified atom stereocenters. The predicted molar refractivity (Wildman–Crippen MR) is 113 cm³/mol. The Balaban J connectivity index is 1.26. The van der Waals surface area contributed by atoms with E-state index < -0.39 is 0 Å². The lowest BCUT2D eigenvalue weighted by atomic mass is 9.90. The van der Waals surface area contributed by atoms with E-state index in [9.17, 15) is 0 Å². The molecule has 1 aromatic carbocycles. The largest absolute Gasteiger partial charge is 0.420 e. The molecule has 6 nitrogen and oxygen atoms in total. The van der Waals surface area contributed by atoms with Gasteiger partial charge in [-0.05, 0) is 55.9 Å². The molecule has 0 spiro atoms. The molecule has 0 amide bonds. The van der Waals surface area contributed by atoms with Crippen LogP contribution in [0.4, 0.5) is 0 Å². The van der Waals surface area contributed by atoms with Crippen molar-refractivity contribution < 1.29 is 8.83 Å². The van der Waals surface area contributed by atoms with Gasteiger partial charge < -0.3 is 8.83 Å². The van der Waals surface area contributed by atoms with Crippen LogP contribution in [0.15, 0.2) is 44.4 Å². The molecule has 148 valence electrons. The fourth-order valence-electron chi connectivity index (χ4n) is 3.51. The maximum atomic E-state index is 5.86. The molecule has 5 rings (SSSR count). The molecular formula is C21H20N4O2S2. The Labute approximate surface area is 176 Å². The SMILES string of the molecule is Cc1cccc(-c2nnc(CSc3nnc(-c4cc5c(s4)CC[C@H](C)C5)o3)o2)c1. The second-order valence-electron chi connectivity index (χ2n) is 7.44. The average Bonchev–Trinajstić information content (AvgIpc) is 3.45. The molecule has 0 radical (unpaired) electrons. The number of aromatic nitrogens is 4. The lowest BCUT2D eigenvalue weighted by Crippen LogP contribution is -2.07. The zero-order valence-electron chi connectivity index (χ0n) is 16.2. The smallest absolute Gasteiger partial charge is 0.277 e. The molecule has 29 heavy (non-hydrogen) atoms. The molecule has 3 heterocycles. The molecule has 0 fully saturated rings. The first-order valence-electron chi connectivity index (χ1n) is 9.62. The molecule has 8 heteroatoms. The maximum Gasteiger partial charge on any atom is 0.277 e. The van der Waals surface area contributed by atoms with E-state index in [1.165, 1.54) is 28.6 Å². The van der Waals surface area contributed by atoms with Gasteiger partial charge in [-0.15, -0.1) is 31.7 Å². The van der Waals surface area contributed by atoms with Gasteiger partial charge in [0.25, 0.3) is 11.1 Å². The third-order valence-corrected chi connectivity index (χ3v) is 7.03. The first kappa shape index (κ1) is 18.6. The molecular weight excluding hydrogens is 404 g/mol. The normalized spacial score (nSPS) is 16.1. The number of thiophene rings is 1. The lowest BCUT2D eigenvalue weighted by Gasteiger charge is -2.16. The predicted octanol–water partition coefficient (Wildman–Crippen LogP) is 5.57. The highest BCUT2D eigenvalue weighted by Crippen LogP contribution is 2.37. The zero-order chi connectivity index (χ0) is 19.8. The van der Waals surface area contributed by atoms with Gasteiger partial charge in [0.1, 0.15) is 0 Å². The van der Waals surface area contributed by atoms with Crippen LogP contribution >= 0.6 is 23.1 Å². The van der Waals surface area contributed by atoms with Crippen molar-refractivity contribution in [1.82, 2.24) is 20.4 Å². The highest BCUT2D eigenvalue weighted by molar-refractivity contribution is 7.98. The van der Waals surface area contributed by atoms with Gasteiger partial charge >= 0.3 is 0 Å². The standard InChI is InChI=1S/C21H20N4O2S2/c1-12-4-3-5-14(8-12)19-23-22-18(26-19)11-28-21-25-24-20(27-21)17-10-15-9-13(2)6-7-16(15)29-17/h3-5,8,10,13H,6-7,9,11H2,1-2H3/t13-/m0/s1. The molecule has 1 atom stereocenters. The Bertz CT molecular complexity index is 1150. The van der Waals surface area contributed by atoms with E-state index in [4.69, 9.17) is 8.83 Å². The molecule has 0 saturated heterocycles. The van der Waals surface area contributed by atoms with Crippen LogP contribution in [0.25, 0.3) is 22.2 Å². The van der Waals surface area contributed by atoms with Gasteiger partial charge in [-0.25, -0.2) is 0 Å². The highest BCUT2D eigenvalue weighted by atomic mass is 32.2. The van der Waals surface area contributed by atoms with E-state index in [1.807, 2.05) is 31.2 Å². The van der Waals surface area contributed by atoms with Gasteiger partial charge in [-0.2, -0.15) is 0 Å². The van der Waals surface area contributed by atoms with Gasteiger partial charge in [-0.1, -0.05) is 36.4 Å². The quantitative estimate of drug-likeness (QED) is 0.387. The maximum absolute atomic E-state index is 5.86. The fraction of sp³-hybridized carbons (Fsp3) is 0.333. The molecule has 1 aliphatic carbocycles. The minimum Gasteiger partial charge on any atom is -0.420 e. The van der Waals surface area contributed by atoms with Gasteiger partial charge in [-0.3, -0.25) is 0 Å². The minimum absolute atomic E-state index is 0.485. The topological polar surface area (TPSA) is 77.8 Å². The summed E-state index contributed by atoms with van der Waals surface area (Å²) in [7, 11) is 0. The van der Waals surface area contributed by atoms with Gasteiger partial charge in [0.15, 0.2) is 0 Å². The third kappa shape index (κ3) is 4.00. The Morgan fingerprint density at radius 1 is 1.10 bits per heavy atom. The molecule has 0 saturated carbocycles. The summed E-state index contributed by atoms with van der Waals surface area (Å²) in [4.78, 5) is 2.52. The first-order chi connectivity index (χ1) is 14.1. The number of hydrogen-bond donors (Lipinski definition) is 0. The van der Waals surface area contributed by atoms with Gasteiger partial charge in [0, 0.05) is 10.4 Å². The molecule has 0 bridgehead atoms. The Kier molecular flexibility index (Phi) is 4.97. The number of nitrogens with zero attached hydrogens (tertiary/aromatic N) is 4. The number of aryl methyl sites for hydroxylation is 2. The monoisotopic (exact) mass is 424 g/mol. The number of benzene rings is 1. The number of rotatable bonds is 5.